The minimum atomic E-state index is 0. The van der Waals surface area contributed by atoms with E-state index in [9.17, 15) is 0 Å². The molecular weight excluding hydrogens is 290 g/mol. The Hall–Kier alpha value is 0.250. The van der Waals surface area contributed by atoms with Gasteiger partial charge in [0.25, 0.3) is 0 Å². The Morgan fingerprint density at radius 2 is 1.14 bits per heavy atom. The first-order chi connectivity index (χ1) is 10.2. The fourth-order valence-corrected chi connectivity index (χ4v) is 4.36. The molecular formula is C20H40ClN. The normalized spacial score (nSPS) is 28.0. The molecule has 0 aromatic heterocycles. The average Bonchev–Trinajstić information content (AvgIpc) is 2.45. The van der Waals surface area contributed by atoms with Crippen molar-refractivity contribution in [3.8, 4) is 0 Å². The topological polar surface area (TPSA) is 3.24 Å². The molecule has 0 radical (unpaired) electrons. The van der Waals surface area contributed by atoms with Crippen LogP contribution in [-0.2, 0) is 0 Å². The molecule has 2 fully saturated rings. The van der Waals surface area contributed by atoms with E-state index in [1.807, 2.05) is 0 Å². The molecule has 0 heterocycles. The maximum absolute atomic E-state index is 2.62. The van der Waals surface area contributed by atoms with E-state index in [4.69, 9.17) is 0 Å². The first-order valence-electron chi connectivity index (χ1n) is 9.92. The summed E-state index contributed by atoms with van der Waals surface area (Å²) in [7, 11) is 2.36. The van der Waals surface area contributed by atoms with Crippen molar-refractivity contribution in [2.24, 2.45) is 17.8 Å². The van der Waals surface area contributed by atoms with Gasteiger partial charge in [-0.3, -0.25) is 0 Å². The SMILES string of the molecule is CC1CCC(CCN(C)CCC2CCCCCCC2)CC1.Cl. The highest BCUT2D eigenvalue weighted by atomic mass is 35.5. The number of hydrogen-bond acceptors (Lipinski definition) is 1. The molecule has 1 nitrogen and oxygen atoms in total. The highest BCUT2D eigenvalue weighted by Crippen LogP contribution is 2.30. The summed E-state index contributed by atoms with van der Waals surface area (Å²) in [5.41, 5.74) is 0. The summed E-state index contributed by atoms with van der Waals surface area (Å²) in [6, 6.07) is 0. The molecule has 0 amide bonds. The third-order valence-electron chi connectivity index (χ3n) is 6.20. The zero-order chi connectivity index (χ0) is 14.9. The van der Waals surface area contributed by atoms with Crippen molar-refractivity contribution in [3.63, 3.8) is 0 Å². The lowest BCUT2D eigenvalue weighted by Crippen LogP contribution is -2.25. The fourth-order valence-electron chi connectivity index (χ4n) is 4.36. The number of halogens is 1. The molecule has 0 aliphatic heterocycles. The lowest BCUT2D eigenvalue weighted by Gasteiger charge is -2.28. The van der Waals surface area contributed by atoms with E-state index >= 15 is 0 Å². The van der Waals surface area contributed by atoms with Gasteiger partial charge in [-0.25, -0.2) is 0 Å². The molecule has 0 N–H and O–H groups in total. The lowest BCUT2D eigenvalue weighted by molar-refractivity contribution is 0.224. The molecule has 0 spiro atoms. The summed E-state index contributed by atoms with van der Waals surface area (Å²) in [4.78, 5) is 2.62. The maximum Gasteiger partial charge on any atom is -0.00191 e. The first-order valence-corrected chi connectivity index (χ1v) is 9.92. The number of hydrogen-bond donors (Lipinski definition) is 0. The molecule has 0 bridgehead atoms. The molecule has 2 aliphatic rings. The number of rotatable bonds is 6. The molecule has 0 atom stereocenters. The highest BCUT2D eigenvalue weighted by Gasteiger charge is 2.18. The molecule has 2 saturated carbocycles. The van der Waals surface area contributed by atoms with Crippen LogP contribution in [0, 0.1) is 17.8 Å². The van der Waals surface area contributed by atoms with Gasteiger partial charge in [0.15, 0.2) is 0 Å². The van der Waals surface area contributed by atoms with Crippen molar-refractivity contribution in [2.75, 3.05) is 20.1 Å². The summed E-state index contributed by atoms with van der Waals surface area (Å²) in [5.74, 6) is 3.06. The Bertz CT molecular complexity index is 252. The average molecular weight is 330 g/mol. The van der Waals surface area contributed by atoms with E-state index in [-0.39, 0.29) is 12.4 Å². The molecule has 2 heteroatoms. The Morgan fingerprint density at radius 3 is 1.68 bits per heavy atom. The molecule has 2 rings (SSSR count). The van der Waals surface area contributed by atoms with E-state index in [0.29, 0.717) is 0 Å². The number of nitrogens with zero attached hydrogens (tertiary/aromatic N) is 1. The largest absolute Gasteiger partial charge is 0.306 e. The van der Waals surface area contributed by atoms with Gasteiger partial charge >= 0.3 is 0 Å². The van der Waals surface area contributed by atoms with Crippen LogP contribution < -0.4 is 0 Å². The van der Waals surface area contributed by atoms with Gasteiger partial charge in [0.2, 0.25) is 0 Å². The van der Waals surface area contributed by atoms with Crippen LogP contribution in [0.2, 0.25) is 0 Å². The predicted octanol–water partition coefficient (Wildman–Crippen LogP) is 6.31. The van der Waals surface area contributed by atoms with Gasteiger partial charge in [0.05, 0.1) is 0 Å². The van der Waals surface area contributed by atoms with Gasteiger partial charge in [-0.2, -0.15) is 0 Å². The zero-order valence-corrected chi connectivity index (χ0v) is 16.0. The Labute approximate surface area is 146 Å². The predicted molar refractivity (Wildman–Crippen MR) is 101 cm³/mol. The van der Waals surface area contributed by atoms with Gasteiger partial charge < -0.3 is 4.90 Å². The highest BCUT2D eigenvalue weighted by molar-refractivity contribution is 5.85. The third-order valence-corrected chi connectivity index (χ3v) is 6.20. The minimum absolute atomic E-state index is 0. The van der Waals surface area contributed by atoms with Gasteiger partial charge in [-0.05, 0) is 50.7 Å². The van der Waals surface area contributed by atoms with Gasteiger partial charge in [-0.1, -0.05) is 77.6 Å². The molecule has 132 valence electrons. The van der Waals surface area contributed by atoms with Crippen molar-refractivity contribution in [1.82, 2.24) is 4.90 Å². The smallest absolute Gasteiger partial charge is 0.00191 e. The van der Waals surface area contributed by atoms with Crippen molar-refractivity contribution in [3.05, 3.63) is 0 Å². The van der Waals surface area contributed by atoms with E-state index in [0.717, 1.165) is 17.8 Å². The van der Waals surface area contributed by atoms with Crippen molar-refractivity contribution >= 4 is 12.4 Å². The van der Waals surface area contributed by atoms with E-state index in [1.165, 1.54) is 96.6 Å². The van der Waals surface area contributed by atoms with Crippen molar-refractivity contribution in [1.29, 1.82) is 0 Å². The van der Waals surface area contributed by atoms with Crippen molar-refractivity contribution in [2.45, 2.75) is 90.4 Å². The van der Waals surface area contributed by atoms with E-state index in [2.05, 4.69) is 18.9 Å². The van der Waals surface area contributed by atoms with E-state index in [1.54, 1.807) is 0 Å². The molecule has 0 unspecified atom stereocenters. The van der Waals surface area contributed by atoms with Gasteiger partial charge in [-0.15, -0.1) is 12.4 Å². The van der Waals surface area contributed by atoms with Crippen LogP contribution in [0.15, 0.2) is 0 Å². The van der Waals surface area contributed by atoms with Crippen LogP contribution in [0.1, 0.15) is 90.4 Å². The van der Waals surface area contributed by atoms with Crippen LogP contribution in [0.3, 0.4) is 0 Å². The van der Waals surface area contributed by atoms with Crippen LogP contribution in [0.25, 0.3) is 0 Å². The Morgan fingerprint density at radius 1 is 0.682 bits per heavy atom. The molecule has 0 aromatic rings. The van der Waals surface area contributed by atoms with Gasteiger partial charge in [0, 0.05) is 0 Å². The Kier molecular flexibility index (Phi) is 10.8. The summed E-state index contributed by atoms with van der Waals surface area (Å²) >= 11 is 0. The van der Waals surface area contributed by atoms with Crippen LogP contribution >= 0.6 is 12.4 Å². The molecule has 0 aromatic carbocycles. The quantitative estimate of drug-likeness (QED) is 0.552. The Balaban J connectivity index is 0.00000242. The van der Waals surface area contributed by atoms with Crippen LogP contribution in [-0.4, -0.2) is 25.0 Å². The second-order valence-electron chi connectivity index (χ2n) is 8.22. The standard InChI is InChI=1S/C20H39N.ClH/c1-18-10-12-20(13-11-18)15-17-21(2)16-14-19-8-6-4-3-5-7-9-19;/h18-20H,3-17H2,1-2H3;1H. The molecule has 2 aliphatic carbocycles. The fraction of sp³-hybridized carbons (Fsp3) is 1.00. The first kappa shape index (κ1) is 20.3. The third kappa shape index (κ3) is 8.20. The molecule has 0 saturated heterocycles. The minimum Gasteiger partial charge on any atom is -0.306 e. The molecule has 22 heavy (non-hydrogen) atoms. The lowest BCUT2D eigenvalue weighted by atomic mass is 9.81. The van der Waals surface area contributed by atoms with Crippen LogP contribution in [0.4, 0.5) is 0 Å². The maximum atomic E-state index is 2.62. The van der Waals surface area contributed by atoms with Gasteiger partial charge in [0.1, 0.15) is 0 Å². The second kappa shape index (κ2) is 11.7. The second-order valence-corrected chi connectivity index (χ2v) is 8.22. The van der Waals surface area contributed by atoms with Crippen LogP contribution in [0.5, 0.6) is 0 Å². The van der Waals surface area contributed by atoms with Crippen molar-refractivity contribution < 1.29 is 0 Å². The summed E-state index contributed by atoms with van der Waals surface area (Å²) in [6.45, 7) is 5.11. The summed E-state index contributed by atoms with van der Waals surface area (Å²) in [5, 5.41) is 0. The summed E-state index contributed by atoms with van der Waals surface area (Å²) in [6.07, 6.45) is 19.4. The monoisotopic (exact) mass is 329 g/mol. The zero-order valence-electron chi connectivity index (χ0n) is 15.2. The van der Waals surface area contributed by atoms with E-state index < -0.39 is 0 Å². The summed E-state index contributed by atoms with van der Waals surface area (Å²) < 4.78 is 0.